The van der Waals surface area contributed by atoms with Gasteiger partial charge >= 0.3 is 17.9 Å². The molecule has 6 heteroatoms. The Kier molecular flexibility index (Phi) is 43.5. The van der Waals surface area contributed by atoms with Gasteiger partial charge in [-0.25, -0.2) is 0 Å². The molecule has 0 radical (unpaired) electrons. The summed E-state index contributed by atoms with van der Waals surface area (Å²) in [6.45, 7) is 6.43. The average molecular weight is 797 g/mol. The highest BCUT2D eigenvalue weighted by molar-refractivity contribution is 5.71. The number of unbranched alkanes of at least 4 members (excludes halogenated alkanes) is 22. The lowest BCUT2D eigenvalue weighted by Gasteiger charge is -2.18. The second-order valence-electron chi connectivity index (χ2n) is 15.7. The topological polar surface area (TPSA) is 78.9 Å². The van der Waals surface area contributed by atoms with Crippen LogP contribution >= 0.6 is 0 Å². The molecule has 0 aliphatic heterocycles. The minimum absolute atomic E-state index is 0.0887. The number of carbonyl (C=O) groups excluding carboxylic acids is 3. The number of carbonyl (C=O) groups is 3. The molecule has 6 nitrogen and oxygen atoms in total. The summed E-state index contributed by atoms with van der Waals surface area (Å²) >= 11 is 0. The number of hydrogen-bond donors (Lipinski definition) is 0. The maximum atomic E-state index is 12.7. The van der Waals surface area contributed by atoms with Gasteiger partial charge in [0.15, 0.2) is 6.10 Å². The van der Waals surface area contributed by atoms with Crippen LogP contribution in [-0.2, 0) is 28.6 Å². The van der Waals surface area contributed by atoms with Crippen molar-refractivity contribution in [3.63, 3.8) is 0 Å². The van der Waals surface area contributed by atoms with Gasteiger partial charge in [-0.1, -0.05) is 171 Å². The van der Waals surface area contributed by atoms with Crippen molar-refractivity contribution in [1.29, 1.82) is 0 Å². The molecule has 57 heavy (non-hydrogen) atoms. The molecule has 0 rings (SSSR count). The lowest BCUT2D eigenvalue weighted by molar-refractivity contribution is -0.167. The second-order valence-corrected chi connectivity index (χ2v) is 15.7. The van der Waals surface area contributed by atoms with Crippen molar-refractivity contribution in [3.8, 4) is 0 Å². The summed E-state index contributed by atoms with van der Waals surface area (Å²) in [6.07, 6.45) is 54.8. The molecule has 0 spiro atoms. The molecular formula is C51H88O6. The van der Waals surface area contributed by atoms with Gasteiger partial charge in [-0.05, 0) is 96.3 Å². The van der Waals surface area contributed by atoms with Crippen LogP contribution in [0.25, 0.3) is 0 Å². The molecule has 1 unspecified atom stereocenters. The highest BCUT2D eigenvalue weighted by Gasteiger charge is 2.19. The van der Waals surface area contributed by atoms with E-state index in [0.29, 0.717) is 19.3 Å². The molecule has 0 saturated carbocycles. The molecule has 0 N–H and O–H groups in total. The van der Waals surface area contributed by atoms with Crippen molar-refractivity contribution in [3.05, 3.63) is 60.8 Å². The molecule has 0 aromatic rings. The molecule has 0 aliphatic rings. The summed E-state index contributed by atoms with van der Waals surface area (Å²) in [5, 5.41) is 0. The van der Waals surface area contributed by atoms with E-state index in [0.717, 1.165) is 103 Å². The SMILES string of the molecule is CC/C=C\C/C=C\CCCCCCCC(=O)OC(COC(=O)CCCCCCC/C=C\CCCCC)COC(=O)CCCCCCCC/C=C\C=C/CCCCC. The lowest BCUT2D eigenvalue weighted by Crippen LogP contribution is -2.30. The Balaban J connectivity index is 4.42. The number of ether oxygens (including phenoxy) is 3. The van der Waals surface area contributed by atoms with E-state index in [1.165, 1.54) is 83.5 Å². The summed E-state index contributed by atoms with van der Waals surface area (Å²) in [5.74, 6) is -0.926. The van der Waals surface area contributed by atoms with Crippen molar-refractivity contribution < 1.29 is 28.6 Å². The van der Waals surface area contributed by atoms with Gasteiger partial charge in [-0.15, -0.1) is 0 Å². The van der Waals surface area contributed by atoms with Crippen LogP contribution in [0.1, 0.15) is 226 Å². The number of esters is 3. The van der Waals surface area contributed by atoms with E-state index < -0.39 is 6.10 Å². The molecule has 1 atom stereocenters. The fourth-order valence-electron chi connectivity index (χ4n) is 6.40. The Morgan fingerprint density at radius 3 is 1.18 bits per heavy atom. The zero-order chi connectivity index (χ0) is 41.5. The van der Waals surface area contributed by atoms with Crippen LogP contribution in [0.3, 0.4) is 0 Å². The van der Waals surface area contributed by atoms with Crippen molar-refractivity contribution in [2.24, 2.45) is 0 Å². The molecular weight excluding hydrogens is 709 g/mol. The van der Waals surface area contributed by atoms with Gasteiger partial charge in [0.2, 0.25) is 0 Å². The minimum atomic E-state index is -0.787. The van der Waals surface area contributed by atoms with E-state index in [4.69, 9.17) is 14.2 Å². The van der Waals surface area contributed by atoms with E-state index in [1.54, 1.807) is 0 Å². The molecule has 0 heterocycles. The summed E-state index contributed by atoms with van der Waals surface area (Å²) in [6, 6.07) is 0. The largest absolute Gasteiger partial charge is 0.462 e. The number of hydrogen-bond acceptors (Lipinski definition) is 6. The third-order valence-electron chi connectivity index (χ3n) is 10.0. The Morgan fingerprint density at radius 2 is 0.737 bits per heavy atom. The first kappa shape index (κ1) is 54.1. The molecule has 0 saturated heterocycles. The van der Waals surface area contributed by atoms with Gasteiger partial charge < -0.3 is 14.2 Å². The van der Waals surface area contributed by atoms with Crippen molar-refractivity contribution >= 4 is 17.9 Å². The molecule has 328 valence electrons. The maximum Gasteiger partial charge on any atom is 0.306 e. The van der Waals surface area contributed by atoms with Gasteiger partial charge in [0.05, 0.1) is 0 Å². The Hall–Kier alpha value is -2.89. The van der Waals surface area contributed by atoms with Crippen LogP contribution in [0.15, 0.2) is 60.8 Å². The third kappa shape index (κ3) is 44.1. The molecule has 0 aliphatic carbocycles. The predicted molar refractivity (Wildman–Crippen MR) is 242 cm³/mol. The quantitative estimate of drug-likeness (QED) is 0.0201. The van der Waals surface area contributed by atoms with Crippen LogP contribution in [0, 0.1) is 0 Å². The number of rotatable bonds is 42. The fraction of sp³-hybridized carbons (Fsp3) is 0.745. The smallest absolute Gasteiger partial charge is 0.306 e. The fourth-order valence-corrected chi connectivity index (χ4v) is 6.40. The molecule has 0 bridgehead atoms. The van der Waals surface area contributed by atoms with Gasteiger partial charge in [0.25, 0.3) is 0 Å². The van der Waals surface area contributed by atoms with Gasteiger partial charge in [0.1, 0.15) is 13.2 Å². The Bertz CT molecular complexity index is 1050. The van der Waals surface area contributed by atoms with Gasteiger partial charge in [-0.3, -0.25) is 14.4 Å². The van der Waals surface area contributed by atoms with E-state index in [1.807, 2.05) is 0 Å². The van der Waals surface area contributed by atoms with E-state index in [2.05, 4.69) is 81.5 Å². The highest BCUT2D eigenvalue weighted by atomic mass is 16.6. The molecule has 0 fully saturated rings. The van der Waals surface area contributed by atoms with Crippen LogP contribution in [-0.4, -0.2) is 37.2 Å². The van der Waals surface area contributed by atoms with Gasteiger partial charge in [-0.2, -0.15) is 0 Å². The zero-order valence-electron chi connectivity index (χ0n) is 37.3. The first-order valence-electron chi connectivity index (χ1n) is 23.8. The zero-order valence-corrected chi connectivity index (χ0v) is 37.3. The summed E-state index contributed by atoms with van der Waals surface area (Å²) in [5.41, 5.74) is 0. The maximum absolute atomic E-state index is 12.7. The second kappa shape index (κ2) is 45.8. The molecule has 0 aromatic heterocycles. The van der Waals surface area contributed by atoms with Crippen LogP contribution in [0.4, 0.5) is 0 Å². The van der Waals surface area contributed by atoms with E-state index in [9.17, 15) is 14.4 Å². The predicted octanol–water partition coefficient (Wildman–Crippen LogP) is 15.3. The highest BCUT2D eigenvalue weighted by Crippen LogP contribution is 2.13. The van der Waals surface area contributed by atoms with Gasteiger partial charge in [0, 0.05) is 19.3 Å². The third-order valence-corrected chi connectivity index (χ3v) is 10.0. The lowest BCUT2D eigenvalue weighted by atomic mass is 10.1. The first-order chi connectivity index (χ1) is 28.0. The molecule has 0 amide bonds. The average Bonchev–Trinajstić information content (AvgIpc) is 3.21. The number of allylic oxidation sites excluding steroid dienone is 10. The van der Waals surface area contributed by atoms with Crippen molar-refractivity contribution in [2.75, 3.05) is 13.2 Å². The van der Waals surface area contributed by atoms with Crippen LogP contribution in [0.2, 0.25) is 0 Å². The Morgan fingerprint density at radius 1 is 0.386 bits per heavy atom. The summed E-state index contributed by atoms with van der Waals surface area (Å²) < 4.78 is 16.7. The van der Waals surface area contributed by atoms with Crippen LogP contribution in [0.5, 0.6) is 0 Å². The Labute approximate surface area is 351 Å². The van der Waals surface area contributed by atoms with Crippen molar-refractivity contribution in [2.45, 2.75) is 232 Å². The van der Waals surface area contributed by atoms with E-state index in [-0.39, 0.29) is 31.1 Å². The van der Waals surface area contributed by atoms with Crippen molar-refractivity contribution in [1.82, 2.24) is 0 Å². The summed E-state index contributed by atoms with van der Waals surface area (Å²) in [4.78, 5) is 37.8. The monoisotopic (exact) mass is 797 g/mol. The summed E-state index contributed by atoms with van der Waals surface area (Å²) in [7, 11) is 0. The normalized spacial score (nSPS) is 12.5. The minimum Gasteiger partial charge on any atom is -0.462 e. The first-order valence-corrected chi connectivity index (χ1v) is 23.8. The molecule has 0 aromatic carbocycles. The standard InChI is InChI=1S/C51H88O6/c1-4-7-10-13-16-19-22-25-26-27-30-32-35-38-41-44-50(53)56-47-48(57-51(54)45-42-39-36-33-29-24-21-18-15-12-9-6-3)46-55-49(52)43-40-37-34-31-28-23-20-17-14-11-8-5-2/h9,12,16-22,25,48H,4-8,10-11,13-15,23-24,26-47H2,1-3H3/b12-9-,19-16-,20-17-,21-18-,25-22-. The van der Waals surface area contributed by atoms with E-state index >= 15 is 0 Å². The van der Waals surface area contributed by atoms with Crippen LogP contribution < -0.4 is 0 Å².